The zero-order valence-electron chi connectivity index (χ0n) is 6.26. The summed E-state index contributed by atoms with van der Waals surface area (Å²) in [5.74, 6) is 1.15. The summed E-state index contributed by atoms with van der Waals surface area (Å²) in [5.41, 5.74) is 0. The van der Waals surface area contributed by atoms with Crippen LogP contribution in [-0.2, 0) is 0 Å². The maximum Gasteiger partial charge on any atom is 0.0908 e. The molecule has 0 aliphatic heterocycles. The van der Waals surface area contributed by atoms with Crippen LogP contribution in [0.5, 0.6) is 0 Å². The van der Waals surface area contributed by atoms with Crippen molar-refractivity contribution in [2.75, 3.05) is 0 Å². The van der Waals surface area contributed by atoms with Crippen molar-refractivity contribution in [2.24, 2.45) is 11.8 Å². The third-order valence-electron chi connectivity index (χ3n) is 1.53. The Morgan fingerprint density at radius 1 is 1.33 bits per heavy atom. The molecule has 0 aliphatic rings. The van der Waals surface area contributed by atoms with E-state index >= 15 is 0 Å². The monoisotopic (exact) mass is 123 g/mol. The summed E-state index contributed by atoms with van der Waals surface area (Å²) in [7, 11) is 0. The predicted octanol–water partition coefficient (Wildman–Crippen LogP) is 2.36. The second kappa shape index (κ2) is 4.14. The lowest BCUT2D eigenvalue weighted by Crippen LogP contribution is -1.98. The van der Waals surface area contributed by atoms with Crippen molar-refractivity contribution in [3.63, 3.8) is 0 Å². The molecule has 9 heavy (non-hydrogen) atoms. The van der Waals surface area contributed by atoms with Crippen LogP contribution < -0.4 is 0 Å². The van der Waals surface area contributed by atoms with Gasteiger partial charge in [0.25, 0.3) is 0 Å². The van der Waals surface area contributed by atoms with Gasteiger partial charge in [-0.05, 0) is 11.8 Å². The average molecular weight is 123 g/mol. The second-order valence-corrected chi connectivity index (χ2v) is 2.59. The summed E-state index contributed by atoms with van der Waals surface area (Å²) in [6.45, 7) is 6.40. The summed E-state index contributed by atoms with van der Waals surface area (Å²) in [5, 5.41) is 8.16. The van der Waals surface area contributed by atoms with Gasteiger partial charge in [-0.25, -0.2) is 0 Å². The Hall–Kier alpha value is -0.770. The van der Waals surface area contributed by atoms with Gasteiger partial charge in [-0.15, -0.1) is 0 Å². The first-order valence-electron chi connectivity index (χ1n) is 3.24. The van der Waals surface area contributed by atoms with Gasteiger partial charge >= 0.3 is 0 Å². The quantitative estimate of drug-likeness (QED) is 0.517. The van der Waals surface area contributed by atoms with Gasteiger partial charge in [-0.2, -0.15) is 5.26 Å². The first kappa shape index (κ1) is 8.23. The fourth-order valence-electron chi connectivity index (χ4n) is 0.417. The molecule has 0 aromatic rings. The van der Waals surface area contributed by atoms with Crippen LogP contribution in [0.1, 0.15) is 20.8 Å². The molecule has 0 aromatic carbocycles. The Morgan fingerprint density at radius 2 is 1.89 bits per heavy atom. The number of hydrogen-bond donors (Lipinski definition) is 0. The van der Waals surface area contributed by atoms with Crippen molar-refractivity contribution in [2.45, 2.75) is 20.8 Å². The lowest BCUT2D eigenvalue weighted by atomic mass is 9.98. The van der Waals surface area contributed by atoms with Crippen LogP contribution in [0, 0.1) is 23.2 Å². The highest BCUT2D eigenvalue weighted by atomic mass is 14.2. The van der Waals surface area contributed by atoms with Crippen LogP contribution in [0.25, 0.3) is 0 Å². The molecule has 0 saturated carbocycles. The third kappa shape index (κ3) is 3.78. The normalized spacial score (nSPS) is 14.1. The van der Waals surface area contributed by atoms with E-state index in [2.05, 4.69) is 20.8 Å². The summed E-state index contributed by atoms with van der Waals surface area (Å²) < 4.78 is 0. The standard InChI is InChI=1S/C8H13N/c1-7(2)8(3)5-4-6-9/h4-5,7-8H,1-3H3/b5-4-/t8-/m1/s1. The number of allylic oxidation sites excluding steroid dienone is 2. The lowest BCUT2D eigenvalue weighted by Gasteiger charge is -2.07. The highest BCUT2D eigenvalue weighted by Crippen LogP contribution is 2.09. The van der Waals surface area contributed by atoms with Gasteiger partial charge in [-0.1, -0.05) is 26.8 Å². The largest absolute Gasteiger partial charge is 0.193 e. The minimum atomic E-state index is 0.518. The molecule has 0 aromatic heterocycles. The first-order chi connectivity index (χ1) is 4.18. The van der Waals surface area contributed by atoms with E-state index < -0.39 is 0 Å². The predicted molar refractivity (Wildman–Crippen MR) is 38.8 cm³/mol. The van der Waals surface area contributed by atoms with E-state index in [9.17, 15) is 0 Å². The SMILES string of the molecule is CC(C)[C@H](C)/C=C\C#N. The summed E-state index contributed by atoms with van der Waals surface area (Å²) in [4.78, 5) is 0. The molecule has 0 rings (SSSR count). The minimum absolute atomic E-state index is 0.518. The molecule has 1 nitrogen and oxygen atoms in total. The molecule has 1 heteroatoms. The molecule has 0 radical (unpaired) electrons. The molecule has 0 fully saturated rings. The fraction of sp³-hybridized carbons (Fsp3) is 0.625. The van der Waals surface area contributed by atoms with E-state index in [1.807, 2.05) is 12.1 Å². The molecule has 0 aliphatic carbocycles. The Morgan fingerprint density at radius 3 is 2.22 bits per heavy atom. The molecule has 0 bridgehead atoms. The van der Waals surface area contributed by atoms with E-state index in [4.69, 9.17) is 5.26 Å². The fourth-order valence-corrected chi connectivity index (χ4v) is 0.417. The van der Waals surface area contributed by atoms with Gasteiger partial charge < -0.3 is 0 Å². The van der Waals surface area contributed by atoms with Crippen LogP contribution in [0.15, 0.2) is 12.2 Å². The number of nitriles is 1. The summed E-state index contributed by atoms with van der Waals surface area (Å²) >= 11 is 0. The van der Waals surface area contributed by atoms with Crippen molar-refractivity contribution in [3.05, 3.63) is 12.2 Å². The van der Waals surface area contributed by atoms with Gasteiger partial charge in [0, 0.05) is 6.08 Å². The second-order valence-electron chi connectivity index (χ2n) is 2.59. The van der Waals surface area contributed by atoms with Crippen molar-refractivity contribution in [1.29, 1.82) is 5.26 Å². The van der Waals surface area contributed by atoms with Crippen LogP contribution in [0.2, 0.25) is 0 Å². The molecule has 0 amide bonds. The Labute approximate surface area is 57.0 Å². The average Bonchev–Trinajstić information content (AvgIpc) is 1.82. The Balaban J connectivity index is 3.65. The number of nitrogens with zero attached hydrogens (tertiary/aromatic N) is 1. The third-order valence-corrected chi connectivity index (χ3v) is 1.53. The van der Waals surface area contributed by atoms with Gasteiger partial charge in [0.2, 0.25) is 0 Å². The molecule has 50 valence electrons. The van der Waals surface area contributed by atoms with E-state index in [0.29, 0.717) is 11.8 Å². The van der Waals surface area contributed by atoms with Crippen molar-refractivity contribution >= 4 is 0 Å². The maximum absolute atomic E-state index is 8.16. The molecule has 0 heterocycles. The molecule has 0 unspecified atom stereocenters. The van der Waals surface area contributed by atoms with E-state index in [-0.39, 0.29) is 0 Å². The smallest absolute Gasteiger partial charge is 0.0908 e. The Bertz CT molecular complexity index is 128. The highest BCUT2D eigenvalue weighted by Gasteiger charge is 2.00. The maximum atomic E-state index is 8.16. The number of hydrogen-bond acceptors (Lipinski definition) is 1. The Kier molecular flexibility index (Phi) is 3.79. The van der Waals surface area contributed by atoms with E-state index in [0.717, 1.165) is 0 Å². The number of rotatable bonds is 2. The molecular weight excluding hydrogens is 110 g/mol. The minimum Gasteiger partial charge on any atom is -0.193 e. The molecule has 0 spiro atoms. The van der Waals surface area contributed by atoms with Crippen LogP contribution >= 0.6 is 0 Å². The van der Waals surface area contributed by atoms with Gasteiger partial charge in [0.05, 0.1) is 6.07 Å². The van der Waals surface area contributed by atoms with Gasteiger partial charge in [0.1, 0.15) is 0 Å². The lowest BCUT2D eigenvalue weighted by molar-refractivity contribution is 0.504. The zero-order valence-corrected chi connectivity index (χ0v) is 6.26. The highest BCUT2D eigenvalue weighted by molar-refractivity contribution is 5.03. The van der Waals surface area contributed by atoms with Crippen LogP contribution in [-0.4, -0.2) is 0 Å². The zero-order chi connectivity index (χ0) is 7.28. The summed E-state index contributed by atoms with van der Waals surface area (Å²) in [6.07, 6.45) is 3.48. The molecule has 0 N–H and O–H groups in total. The molecule has 0 saturated heterocycles. The molecular formula is C8H13N. The van der Waals surface area contributed by atoms with Crippen LogP contribution in [0.4, 0.5) is 0 Å². The van der Waals surface area contributed by atoms with Gasteiger partial charge in [0.15, 0.2) is 0 Å². The van der Waals surface area contributed by atoms with Crippen molar-refractivity contribution < 1.29 is 0 Å². The topological polar surface area (TPSA) is 23.8 Å². The van der Waals surface area contributed by atoms with Crippen molar-refractivity contribution in [1.82, 2.24) is 0 Å². The van der Waals surface area contributed by atoms with Crippen LogP contribution in [0.3, 0.4) is 0 Å². The summed E-state index contributed by atoms with van der Waals surface area (Å²) in [6, 6.07) is 1.97. The van der Waals surface area contributed by atoms with Gasteiger partial charge in [-0.3, -0.25) is 0 Å². The van der Waals surface area contributed by atoms with E-state index in [1.165, 1.54) is 0 Å². The van der Waals surface area contributed by atoms with E-state index in [1.54, 1.807) is 6.08 Å². The first-order valence-corrected chi connectivity index (χ1v) is 3.24. The molecule has 1 atom stereocenters. The van der Waals surface area contributed by atoms with Crippen molar-refractivity contribution in [3.8, 4) is 6.07 Å².